The SMILES string of the molecule is CCn1cc(NC(=S)NC(C)c2ccccc2)c(C(=O)OC(C)C)n1. The number of nitrogens with one attached hydrogen (secondary N) is 2. The quantitative estimate of drug-likeness (QED) is 0.607. The van der Waals surface area contributed by atoms with Gasteiger partial charge in [0.25, 0.3) is 0 Å². The van der Waals surface area contributed by atoms with Gasteiger partial charge in [-0.05, 0) is 45.5 Å². The van der Waals surface area contributed by atoms with Crippen molar-refractivity contribution in [3.05, 3.63) is 47.8 Å². The van der Waals surface area contributed by atoms with Crippen molar-refractivity contribution in [1.29, 1.82) is 0 Å². The molecule has 0 amide bonds. The van der Waals surface area contributed by atoms with Gasteiger partial charge >= 0.3 is 5.97 Å². The summed E-state index contributed by atoms with van der Waals surface area (Å²) in [6.07, 6.45) is 1.54. The summed E-state index contributed by atoms with van der Waals surface area (Å²) < 4.78 is 6.92. The number of thiocarbonyl (C=S) groups is 1. The fourth-order valence-electron chi connectivity index (χ4n) is 2.28. The van der Waals surface area contributed by atoms with Crippen LogP contribution in [0.5, 0.6) is 0 Å². The van der Waals surface area contributed by atoms with Crippen LogP contribution in [0.15, 0.2) is 36.5 Å². The van der Waals surface area contributed by atoms with Crippen LogP contribution >= 0.6 is 12.2 Å². The lowest BCUT2D eigenvalue weighted by molar-refractivity contribution is 0.0371. The van der Waals surface area contributed by atoms with Gasteiger partial charge in [0.2, 0.25) is 0 Å². The lowest BCUT2D eigenvalue weighted by Crippen LogP contribution is -2.31. The van der Waals surface area contributed by atoms with Crippen LogP contribution in [-0.2, 0) is 11.3 Å². The van der Waals surface area contributed by atoms with Gasteiger partial charge in [-0.15, -0.1) is 0 Å². The van der Waals surface area contributed by atoms with E-state index in [1.54, 1.807) is 24.7 Å². The molecule has 1 aromatic carbocycles. The van der Waals surface area contributed by atoms with E-state index in [1.165, 1.54) is 0 Å². The summed E-state index contributed by atoms with van der Waals surface area (Å²) in [5.41, 5.74) is 1.88. The number of aryl methyl sites for hydroxylation is 1. The number of hydrogen-bond donors (Lipinski definition) is 2. The van der Waals surface area contributed by atoms with E-state index in [-0.39, 0.29) is 17.8 Å². The number of rotatable bonds is 6. The van der Waals surface area contributed by atoms with E-state index >= 15 is 0 Å². The van der Waals surface area contributed by atoms with E-state index in [2.05, 4.69) is 15.7 Å². The Labute approximate surface area is 153 Å². The van der Waals surface area contributed by atoms with Crippen LogP contribution in [0.2, 0.25) is 0 Å². The third kappa shape index (κ3) is 5.29. The fourth-order valence-corrected chi connectivity index (χ4v) is 2.56. The number of nitrogens with zero attached hydrogens (tertiary/aromatic N) is 2. The summed E-state index contributed by atoms with van der Waals surface area (Å²) in [5, 5.41) is 11.0. The maximum Gasteiger partial charge on any atom is 0.361 e. The van der Waals surface area contributed by atoms with Crippen molar-refractivity contribution < 1.29 is 9.53 Å². The molecular formula is C18H24N4O2S. The number of carbonyl (C=O) groups is 1. The predicted molar refractivity (Wildman–Crippen MR) is 103 cm³/mol. The lowest BCUT2D eigenvalue weighted by atomic mass is 10.1. The van der Waals surface area contributed by atoms with Gasteiger partial charge in [-0.1, -0.05) is 30.3 Å². The second-order valence-electron chi connectivity index (χ2n) is 5.93. The number of esters is 1. The Hall–Kier alpha value is -2.41. The molecule has 1 heterocycles. The zero-order valence-electron chi connectivity index (χ0n) is 14.9. The van der Waals surface area contributed by atoms with Gasteiger partial charge in [0.05, 0.1) is 17.8 Å². The molecule has 1 aromatic heterocycles. The van der Waals surface area contributed by atoms with E-state index in [0.29, 0.717) is 17.3 Å². The smallest absolute Gasteiger partial charge is 0.361 e. The number of hydrogen-bond acceptors (Lipinski definition) is 4. The average Bonchev–Trinajstić information content (AvgIpc) is 2.98. The molecule has 0 spiro atoms. The summed E-state index contributed by atoms with van der Waals surface area (Å²) in [5.74, 6) is -0.469. The Morgan fingerprint density at radius 3 is 2.56 bits per heavy atom. The summed E-state index contributed by atoms with van der Waals surface area (Å²) in [7, 11) is 0. The molecule has 25 heavy (non-hydrogen) atoms. The molecule has 134 valence electrons. The minimum atomic E-state index is -0.469. The highest BCUT2D eigenvalue weighted by molar-refractivity contribution is 7.80. The van der Waals surface area contributed by atoms with Crippen LogP contribution in [0.1, 0.15) is 49.8 Å². The third-order valence-electron chi connectivity index (χ3n) is 3.52. The average molecular weight is 360 g/mol. The number of carbonyl (C=O) groups excluding carboxylic acids is 1. The van der Waals surface area contributed by atoms with Crippen molar-refractivity contribution in [2.24, 2.45) is 0 Å². The summed E-state index contributed by atoms with van der Waals surface area (Å²) in [6.45, 7) is 8.21. The number of anilines is 1. The first-order valence-electron chi connectivity index (χ1n) is 8.31. The van der Waals surface area contributed by atoms with E-state index in [0.717, 1.165) is 5.56 Å². The predicted octanol–water partition coefficient (Wildman–Crippen LogP) is 3.52. The Balaban J connectivity index is 2.09. The van der Waals surface area contributed by atoms with E-state index in [9.17, 15) is 4.79 Å². The van der Waals surface area contributed by atoms with E-state index in [1.807, 2.05) is 44.2 Å². The zero-order chi connectivity index (χ0) is 18.4. The number of ether oxygens (including phenoxy) is 1. The highest BCUT2D eigenvalue weighted by Crippen LogP contribution is 2.17. The Morgan fingerprint density at radius 1 is 1.28 bits per heavy atom. The lowest BCUT2D eigenvalue weighted by Gasteiger charge is -2.17. The van der Waals surface area contributed by atoms with Crippen molar-refractivity contribution in [2.45, 2.75) is 46.4 Å². The molecule has 0 radical (unpaired) electrons. The molecule has 0 aliphatic heterocycles. The standard InChI is InChI=1S/C18H24N4O2S/c1-5-22-11-15(16(21-22)17(23)24-12(2)3)20-18(25)19-13(4)14-9-7-6-8-10-14/h6-13H,5H2,1-4H3,(H2,19,20,25). The van der Waals surface area contributed by atoms with Gasteiger partial charge in [-0.3, -0.25) is 4.68 Å². The van der Waals surface area contributed by atoms with Gasteiger partial charge in [0.15, 0.2) is 10.8 Å². The van der Waals surface area contributed by atoms with Crippen LogP contribution in [0.25, 0.3) is 0 Å². The van der Waals surface area contributed by atoms with Gasteiger partial charge < -0.3 is 15.4 Å². The first-order chi connectivity index (χ1) is 11.9. The molecule has 1 atom stereocenters. The van der Waals surface area contributed by atoms with E-state index < -0.39 is 5.97 Å². The Bertz CT molecular complexity index is 728. The van der Waals surface area contributed by atoms with Gasteiger partial charge in [0.1, 0.15) is 0 Å². The van der Waals surface area contributed by atoms with Crippen LogP contribution < -0.4 is 10.6 Å². The van der Waals surface area contributed by atoms with Crippen LogP contribution in [0.4, 0.5) is 5.69 Å². The summed E-state index contributed by atoms with van der Waals surface area (Å²) >= 11 is 5.38. The van der Waals surface area contributed by atoms with Gasteiger partial charge in [-0.2, -0.15) is 5.10 Å². The normalized spacial score (nSPS) is 11.9. The summed E-state index contributed by atoms with van der Waals surface area (Å²) in [4.78, 5) is 12.2. The third-order valence-corrected chi connectivity index (χ3v) is 3.74. The first-order valence-corrected chi connectivity index (χ1v) is 8.72. The summed E-state index contributed by atoms with van der Waals surface area (Å²) in [6, 6.07) is 10.0. The minimum absolute atomic E-state index is 0.0356. The number of benzene rings is 1. The molecular weight excluding hydrogens is 336 g/mol. The molecule has 6 nitrogen and oxygen atoms in total. The highest BCUT2D eigenvalue weighted by Gasteiger charge is 2.20. The molecule has 0 aliphatic carbocycles. The number of aromatic nitrogens is 2. The molecule has 7 heteroatoms. The molecule has 0 saturated carbocycles. The maximum absolute atomic E-state index is 12.2. The van der Waals surface area contributed by atoms with Crippen molar-refractivity contribution in [2.75, 3.05) is 5.32 Å². The molecule has 2 aromatic rings. The topological polar surface area (TPSA) is 68.2 Å². The van der Waals surface area contributed by atoms with Crippen LogP contribution in [0.3, 0.4) is 0 Å². The Morgan fingerprint density at radius 2 is 1.96 bits per heavy atom. The molecule has 2 rings (SSSR count). The zero-order valence-corrected chi connectivity index (χ0v) is 15.8. The maximum atomic E-state index is 12.2. The monoisotopic (exact) mass is 360 g/mol. The van der Waals surface area contributed by atoms with Crippen molar-refractivity contribution in [3.63, 3.8) is 0 Å². The van der Waals surface area contributed by atoms with Crippen molar-refractivity contribution in [3.8, 4) is 0 Å². The van der Waals surface area contributed by atoms with Crippen molar-refractivity contribution in [1.82, 2.24) is 15.1 Å². The molecule has 0 saturated heterocycles. The van der Waals surface area contributed by atoms with Gasteiger partial charge in [-0.25, -0.2) is 4.79 Å². The second kappa shape index (κ2) is 8.62. The van der Waals surface area contributed by atoms with Crippen LogP contribution in [-0.4, -0.2) is 27.0 Å². The molecule has 2 N–H and O–H groups in total. The largest absolute Gasteiger partial charge is 0.458 e. The fraction of sp³-hybridized carbons (Fsp3) is 0.389. The minimum Gasteiger partial charge on any atom is -0.458 e. The van der Waals surface area contributed by atoms with Gasteiger partial charge in [0, 0.05) is 12.7 Å². The first kappa shape index (κ1) is 18.9. The molecule has 1 unspecified atom stereocenters. The molecule has 0 bridgehead atoms. The molecule has 0 fully saturated rings. The highest BCUT2D eigenvalue weighted by atomic mass is 32.1. The molecule has 0 aliphatic rings. The van der Waals surface area contributed by atoms with E-state index in [4.69, 9.17) is 17.0 Å². The Kier molecular flexibility index (Phi) is 6.52. The van der Waals surface area contributed by atoms with Crippen molar-refractivity contribution >= 4 is 29.0 Å². The van der Waals surface area contributed by atoms with Crippen LogP contribution in [0, 0.1) is 0 Å². The second-order valence-corrected chi connectivity index (χ2v) is 6.34.